The van der Waals surface area contributed by atoms with Crippen molar-refractivity contribution in [2.24, 2.45) is 0 Å². The van der Waals surface area contributed by atoms with Crippen molar-refractivity contribution in [3.63, 3.8) is 0 Å². The van der Waals surface area contributed by atoms with Crippen molar-refractivity contribution >= 4 is 74.8 Å². The molecule has 12 nitrogen and oxygen atoms in total. The maximum absolute atomic E-state index is 8.59. The molecule has 0 amide bonds. The van der Waals surface area contributed by atoms with Gasteiger partial charge in [-0.2, -0.15) is 0 Å². The summed E-state index contributed by atoms with van der Waals surface area (Å²) in [4.78, 5) is 0. The smallest absolute Gasteiger partial charge is 0 e. The molecule has 0 spiro atoms. The van der Waals surface area contributed by atoms with E-state index in [0.29, 0.717) is 0 Å². The molecule has 0 aromatic rings. The SMILES string of the molecule is O=[Se](=O)([O-])[O-].O=[Se](=O)([O-])[O-].O=[Se](=O)([O-])[O-].[Al].[Al]. The van der Waals surface area contributed by atoms with Crippen LogP contribution < -0.4 is 25.1 Å². The molecule has 0 aliphatic heterocycles. The van der Waals surface area contributed by atoms with Crippen LogP contribution in [0.5, 0.6) is 0 Å². The van der Waals surface area contributed by atoms with Gasteiger partial charge in [-0.15, -0.1) is 0 Å². The van der Waals surface area contributed by atoms with Gasteiger partial charge in [-0.1, -0.05) is 0 Å². The van der Waals surface area contributed by atoms with E-state index >= 15 is 0 Å². The molecule has 0 fully saturated rings. The molecule has 0 aliphatic rings. The minimum absolute atomic E-state index is 0. The van der Waals surface area contributed by atoms with E-state index in [2.05, 4.69) is 0 Å². The van der Waals surface area contributed by atoms with Gasteiger partial charge >= 0.3 is 88.2 Å². The quantitative estimate of drug-likeness (QED) is 0.292. The van der Waals surface area contributed by atoms with Crippen molar-refractivity contribution in [3.8, 4) is 0 Å². The van der Waals surface area contributed by atoms with Crippen LogP contribution in [-0.2, 0) is 23.0 Å². The average Bonchev–Trinajstić information content (AvgIpc) is 1.41. The monoisotopic (exact) mass is 486 g/mol. The van der Waals surface area contributed by atoms with Gasteiger partial charge in [-0.25, -0.2) is 0 Å². The van der Waals surface area contributed by atoms with Crippen molar-refractivity contribution in [3.05, 3.63) is 0 Å². The van der Waals surface area contributed by atoms with Crippen LogP contribution in [0.25, 0.3) is 0 Å². The zero-order valence-electron chi connectivity index (χ0n) is 7.28. The number of hydrogen-bond donors (Lipinski definition) is 0. The summed E-state index contributed by atoms with van der Waals surface area (Å²) in [6, 6.07) is 0. The molecule has 0 saturated carbocycles. The van der Waals surface area contributed by atoms with Gasteiger partial charge in [0.05, 0.1) is 0 Å². The first-order valence-corrected chi connectivity index (χ1v) is 10.4. The Morgan fingerprint density at radius 1 is 0.412 bits per heavy atom. The molecule has 0 aromatic carbocycles. The van der Waals surface area contributed by atoms with Gasteiger partial charge < -0.3 is 0 Å². The maximum atomic E-state index is 8.59. The van der Waals surface area contributed by atoms with E-state index in [4.69, 9.17) is 48.1 Å². The Balaban J connectivity index is -0.0000000400. The van der Waals surface area contributed by atoms with Gasteiger partial charge in [0.2, 0.25) is 0 Å². The van der Waals surface area contributed by atoms with Crippen molar-refractivity contribution in [1.29, 1.82) is 0 Å². The van der Waals surface area contributed by atoms with Crippen LogP contribution in [0.15, 0.2) is 0 Å². The van der Waals surface area contributed by atoms with E-state index < -0.39 is 40.1 Å². The molecule has 6 radical (unpaired) electrons. The Labute approximate surface area is 122 Å². The molecule has 0 N–H and O–H groups in total. The summed E-state index contributed by atoms with van der Waals surface area (Å²) in [5.74, 6) is 0. The van der Waals surface area contributed by atoms with Gasteiger partial charge in [0.25, 0.3) is 0 Å². The summed E-state index contributed by atoms with van der Waals surface area (Å²) in [5, 5.41) is 0. The standard InChI is InChI=1S/2Al.3H2O4Se/c;;3*1-5(2,3)4/h;;3*(H2,1,2,3,4)/p-6. The van der Waals surface area contributed by atoms with E-state index in [1.807, 2.05) is 0 Å². The van der Waals surface area contributed by atoms with Crippen LogP contribution in [0.4, 0.5) is 0 Å². The topological polar surface area (TPSA) is 241 Å². The first-order valence-electron chi connectivity index (χ1n) is 2.00. The molecule has 0 heterocycles. The Bertz CT molecular complexity index is 341. The van der Waals surface area contributed by atoms with Crippen LogP contribution in [0.2, 0.25) is 0 Å². The third-order valence-corrected chi connectivity index (χ3v) is 0. The normalized spacial score (nSPS) is 10.2. The molecule has 17 heteroatoms. The number of rotatable bonds is 0. The fourth-order valence-electron chi connectivity index (χ4n) is 0. The molecule has 0 aliphatic carbocycles. The van der Waals surface area contributed by atoms with E-state index in [1.165, 1.54) is 0 Å². The Morgan fingerprint density at radius 3 is 0.412 bits per heavy atom. The fraction of sp³-hybridized carbons (Fsp3) is 0. The maximum Gasteiger partial charge on any atom is 0 e. The number of hydrogen-bond acceptors (Lipinski definition) is 12. The Morgan fingerprint density at radius 2 is 0.412 bits per heavy atom. The molecule has 0 saturated heterocycles. The van der Waals surface area contributed by atoms with Crippen LogP contribution in [0.3, 0.4) is 0 Å². The Kier molecular flexibility index (Phi) is 22.2. The molecule has 0 rings (SSSR count). The van der Waals surface area contributed by atoms with Gasteiger partial charge in [-0.05, 0) is 0 Å². The second-order valence-corrected chi connectivity index (χ2v) is 6.36. The van der Waals surface area contributed by atoms with Gasteiger partial charge in [-0.3, -0.25) is 0 Å². The minimum Gasteiger partial charge on any atom is 0 e. The second-order valence-electron chi connectivity index (χ2n) is 1.22. The summed E-state index contributed by atoms with van der Waals surface area (Å²) < 4.78 is 103. The summed E-state index contributed by atoms with van der Waals surface area (Å²) in [7, 11) is 0. The molecule has 0 bridgehead atoms. The summed E-state index contributed by atoms with van der Waals surface area (Å²) in [5.41, 5.74) is 0. The van der Waals surface area contributed by atoms with E-state index in [0.717, 1.165) is 0 Å². The fourth-order valence-corrected chi connectivity index (χ4v) is 0. The Hall–Kier alpha value is 1.18. The molecule has 0 aromatic heterocycles. The summed E-state index contributed by atoms with van der Waals surface area (Å²) in [6.07, 6.45) is 0. The predicted molar refractivity (Wildman–Crippen MR) is 32.9 cm³/mol. The first kappa shape index (κ1) is 30.9. The minimum atomic E-state index is -5.75. The van der Waals surface area contributed by atoms with Crippen molar-refractivity contribution in [2.45, 2.75) is 0 Å². The van der Waals surface area contributed by atoms with Crippen LogP contribution >= 0.6 is 0 Å². The van der Waals surface area contributed by atoms with E-state index in [9.17, 15) is 0 Å². The molecule has 0 atom stereocenters. The molecule has 102 valence electrons. The zero-order valence-corrected chi connectivity index (χ0v) is 14.7. The molecule has 0 unspecified atom stereocenters. The van der Waals surface area contributed by atoms with Gasteiger partial charge in [0.1, 0.15) is 0 Å². The molecule has 17 heavy (non-hydrogen) atoms. The summed E-state index contributed by atoms with van der Waals surface area (Å²) in [6.45, 7) is 0. The summed E-state index contributed by atoms with van der Waals surface area (Å²) >= 11 is -17.2. The van der Waals surface area contributed by atoms with Crippen molar-refractivity contribution in [1.82, 2.24) is 0 Å². The van der Waals surface area contributed by atoms with Crippen molar-refractivity contribution in [2.75, 3.05) is 0 Å². The predicted octanol–water partition coefficient (Wildman–Crippen LogP) is -9.75. The van der Waals surface area contributed by atoms with Gasteiger partial charge in [0, 0.05) is 34.7 Å². The van der Waals surface area contributed by atoms with Gasteiger partial charge in [0.15, 0.2) is 0 Å². The molecular weight excluding hydrogens is 483 g/mol. The zero-order chi connectivity index (χ0) is 13.5. The van der Waals surface area contributed by atoms with E-state index in [-0.39, 0.29) is 34.7 Å². The largest absolute Gasteiger partial charge is 0 e. The van der Waals surface area contributed by atoms with Crippen molar-refractivity contribution < 1.29 is 48.1 Å². The second kappa shape index (κ2) is 12.2. The van der Waals surface area contributed by atoms with E-state index in [1.54, 1.807) is 0 Å². The average molecular weight is 483 g/mol. The third kappa shape index (κ3) is 2830. The first-order chi connectivity index (χ1) is 6.00. The van der Waals surface area contributed by atoms with Crippen LogP contribution in [-0.4, -0.2) is 74.8 Å². The van der Waals surface area contributed by atoms with Crippen LogP contribution in [0.1, 0.15) is 0 Å². The third-order valence-electron chi connectivity index (χ3n) is 0. The molecular formula is Al2O12Se3-6. The van der Waals surface area contributed by atoms with Crippen LogP contribution in [0, 0.1) is 0 Å².